The first-order chi connectivity index (χ1) is 14.2. The summed E-state index contributed by atoms with van der Waals surface area (Å²) in [6.07, 6.45) is 2.22. The van der Waals surface area contributed by atoms with E-state index in [4.69, 9.17) is 14.2 Å². The van der Waals surface area contributed by atoms with Crippen molar-refractivity contribution in [2.24, 2.45) is 0 Å². The molecule has 0 aliphatic carbocycles. The van der Waals surface area contributed by atoms with Crippen molar-refractivity contribution in [1.29, 1.82) is 0 Å². The van der Waals surface area contributed by atoms with Crippen molar-refractivity contribution in [2.45, 2.75) is 32.4 Å². The maximum Gasteiger partial charge on any atom is 0.165 e. The molecular weight excluding hydrogens is 384 g/mol. The van der Waals surface area contributed by atoms with Gasteiger partial charge in [-0.05, 0) is 43.0 Å². The maximum absolute atomic E-state index is 6.17. The van der Waals surface area contributed by atoms with E-state index in [1.54, 1.807) is 17.6 Å². The molecule has 6 heteroatoms. The SMILES string of the molecule is COc1c(OCCN2CCOCC2)ccc2c1CN1CCc3sc(C)cc3C1C2. The molecule has 156 valence electrons. The van der Waals surface area contributed by atoms with Crippen LogP contribution in [-0.4, -0.2) is 62.9 Å². The Labute approximate surface area is 177 Å². The number of ether oxygens (including phenoxy) is 3. The molecule has 0 N–H and O–H groups in total. The van der Waals surface area contributed by atoms with E-state index >= 15 is 0 Å². The standard InChI is InChI=1S/C23H30N2O3S/c1-16-13-18-20-14-17-3-4-21(28-12-9-24-7-10-27-11-8-24)23(26-2)19(17)15-25(20)6-5-22(18)29-16/h3-4,13,20H,5-12,14-15H2,1-2H3. The van der Waals surface area contributed by atoms with Gasteiger partial charge in [-0.3, -0.25) is 9.80 Å². The van der Waals surface area contributed by atoms with Crippen LogP contribution in [0.4, 0.5) is 0 Å². The van der Waals surface area contributed by atoms with E-state index in [9.17, 15) is 0 Å². The number of benzene rings is 1. The van der Waals surface area contributed by atoms with Crippen LogP contribution in [0.15, 0.2) is 18.2 Å². The lowest BCUT2D eigenvalue weighted by atomic mass is 9.86. The highest BCUT2D eigenvalue weighted by atomic mass is 32.1. The van der Waals surface area contributed by atoms with Crippen molar-refractivity contribution in [3.05, 3.63) is 44.6 Å². The summed E-state index contributed by atoms with van der Waals surface area (Å²) in [5, 5.41) is 0. The third-order valence-electron chi connectivity index (χ3n) is 6.46. The Morgan fingerprint density at radius 3 is 2.90 bits per heavy atom. The van der Waals surface area contributed by atoms with Gasteiger partial charge in [-0.15, -0.1) is 11.3 Å². The number of fused-ring (bicyclic) bond motifs is 4. The Morgan fingerprint density at radius 1 is 1.21 bits per heavy atom. The molecule has 29 heavy (non-hydrogen) atoms. The first-order valence-corrected chi connectivity index (χ1v) is 11.5. The number of nitrogens with zero attached hydrogens (tertiary/aromatic N) is 2. The monoisotopic (exact) mass is 414 g/mol. The highest BCUT2D eigenvalue weighted by molar-refractivity contribution is 7.12. The molecule has 1 unspecified atom stereocenters. The number of methoxy groups -OCH3 is 1. The van der Waals surface area contributed by atoms with Crippen molar-refractivity contribution < 1.29 is 14.2 Å². The molecule has 0 spiro atoms. The van der Waals surface area contributed by atoms with Gasteiger partial charge in [0.1, 0.15) is 6.61 Å². The molecule has 1 aromatic carbocycles. The van der Waals surface area contributed by atoms with Crippen LogP contribution in [0, 0.1) is 6.92 Å². The summed E-state index contributed by atoms with van der Waals surface area (Å²) in [5.74, 6) is 1.80. The topological polar surface area (TPSA) is 34.2 Å². The second kappa shape index (κ2) is 8.26. The minimum Gasteiger partial charge on any atom is -0.493 e. The zero-order chi connectivity index (χ0) is 19.8. The van der Waals surface area contributed by atoms with Gasteiger partial charge in [-0.1, -0.05) is 6.07 Å². The van der Waals surface area contributed by atoms with E-state index in [1.165, 1.54) is 16.0 Å². The van der Waals surface area contributed by atoms with E-state index in [-0.39, 0.29) is 0 Å². The van der Waals surface area contributed by atoms with Gasteiger partial charge in [0.25, 0.3) is 0 Å². The second-order valence-electron chi connectivity index (χ2n) is 8.21. The molecule has 0 amide bonds. The van der Waals surface area contributed by atoms with Gasteiger partial charge in [0.05, 0.1) is 20.3 Å². The Kier molecular flexibility index (Phi) is 5.52. The minimum absolute atomic E-state index is 0.508. The van der Waals surface area contributed by atoms with Crippen LogP contribution in [-0.2, 0) is 24.1 Å². The molecule has 5 rings (SSSR count). The molecule has 0 bridgehead atoms. The fourth-order valence-corrected chi connectivity index (χ4v) is 6.04. The van der Waals surface area contributed by atoms with Crippen molar-refractivity contribution in [3.8, 4) is 11.5 Å². The van der Waals surface area contributed by atoms with Crippen molar-refractivity contribution in [2.75, 3.05) is 53.1 Å². The molecule has 1 saturated heterocycles. The maximum atomic E-state index is 6.17. The van der Waals surface area contributed by atoms with Crippen LogP contribution in [0.1, 0.15) is 32.5 Å². The van der Waals surface area contributed by atoms with E-state index in [2.05, 4.69) is 34.9 Å². The summed E-state index contributed by atoms with van der Waals surface area (Å²) >= 11 is 1.97. The molecule has 5 nitrogen and oxygen atoms in total. The third-order valence-corrected chi connectivity index (χ3v) is 7.59. The Bertz CT molecular complexity index is 875. The van der Waals surface area contributed by atoms with Crippen LogP contribution >= 0.6 is 11.3 Å². The van der Waals surface area contributed by atoms with Crippen LogP contribution < -0.4 is 9.47 Å². The molecule has 3 aliphatic heterocycles. The zero-order valence-electron chi connectivity index (χ0n) is 17.4. The first kappa shape index (κ1) is 19.4. The normalized spacial score (nSPS) is 21.9. The van der Waals surface area contributed by atoms with Crippen LogP contribution in [0.3, 0.4) is 0 Å². The number of hydrogen-bond donors (Lipinski definition) is 0. The molecule has 0 radical (unpaired) electrons. The van der Waals surface area contributed by atoms with Gasteiger partial charge in [0.15, 0.2) is 11.5 Å². The predicted octanol–water partition coefficient (Wildman–Crippen LogP) is 3.43. The number of rotatable bonds is 5. The smallest absolute Gasteiger partial charge is 0.165 e. The molecule has 1 aromatic heterocycles. The minimum atomic E-state index is 0.508. The van der Waals surface area contributed by atoms with Crippen LogP contribution in [0.2, 0.25) is 0 Å². The van der Waals surface area contributed by atoms with Crippen molar-refractivity contribution >= 4 is 11.3 Å². The second-order valence-corrected chi connectivity index (χ2v) is 9.55. The van der Waals surface area contributed by atoms with E-state index in [0.717, 1.165) is 70.3 Å². The Hall–Kier alpha value is -1.60. The summed E-state index contributed by atoms with van der Waals surface area (Å²) in [4.78, 5) is 8.04. The van der Waals surface area contributed by atoms with Crippen LogP contribution in [0.5, 0.6) is 11.5 Å². The molecule has 0 saturated carbocycles. The van der Waals surface area contributed by atoms with Gasteiger partial charge in [-0.2, -0.15) is 0 Å². The Balaban J connectivity index is 1.33. The summed E-state index contributed by atoms with van der Waals surface area (Å²) in [6, 6.07) is 7.28. The fourth-order valence-electron chi connectivity index (χ4n) is 4.96. The average Bonchev–Trinajstić information content (AvgIpc) is 3.14. The van der Waals surface area contributed by atoms with Gasteiger partial charge < -0.3 is 14.2 Å². The predicted molar refractivity (Wildman–Crippen MR) is 115 cm³/mol. The van der Waals surface area contributed by atoms with E-state index in [0.29, 0.717) is 12.6 Å². The molecule has 1 atom stereocenters. The number of aryl methyl sites for hydroxylation is 1. The number of thiophene rings is 1. The molecular formula is C23H30N2O3S. The number of hydrogen-bond acceptors (Lipinski definition) is 6. The summed E-state index contributed by atoms with van der Waals surface area (Å²) in [7, 11) is 1.77. The molecule has 1 fully saturated rings. The van der Waals surface area contributed by atoms with Gasteiger partial charge in [-0.25, -0.2) is 0 Å². The van der Waals surface area contributed by atoms with Crippen LogP contribution in [0.25, 0.3) is 0 Å². The quantitative estimate of drug-likeness (QED) is 0.749. The average molecular weight is 415 g/mol. The molecule has 3 aliphatic rings. The highest BCUT2D eigenvalue weighted by Crippen LogP contribution is 2.45. The highest BCUT2D eigenvalue weighted by Gasteiger charge is 2.35. The van der Waals surface area contributed by atoms with Gasteiger partial charge >= 0.3 is 0 Å². The fraction of sp³-hybridized carbons (Fsp3) is 0.565. The van der Waals surface area contributed by atoms with Crippen molar-refractivity contribution in [3.63, 3.8) is 0 Å². The molecule has 2 aromatic rings. The van der Waals surface area contributed by atoms with Gasteiger partial charge in [0, 0.05) is 54.1 Å². The van der Waals surface area contributed by atoms with E-state index in [1.807, 2.05) is 11.3 Å². The van der Waals surface area contributed by atoms with Gasteiger partial charge in [0.2, 0.25) is 0 Å². The zero-order valence-corrected chi connectivity index (χ0v) is 18.2. The largest absolute Gasteiger partial charge is 0.493 e. The summed E-state index contributed by atoms with van der Waals surface area (Å²) < 4.78 is 17.4. The summed E-state index contributed by atoms with van der Waals surface area (Å²) in [6.45, 7) is 9.54. The lowest BCUT2D eigenvalue weighted by Gasteiger charge is -2.40. The number of morpholine rings is 1. The molecule has 4 heterocycles. The van der Waals surface area contributed by atoms with Crippen molar-refractivity contribution in [1.82, 2.24) is 9.80 Å². The first-order valence-electron chi connectivity index (χ1n) is 10.7. The van der Waals surface area contributed by atoms with E-state index < -0.39 is 0 Å². The Morgan fingerprint density at radius 2 is 2.07 bits per heavy atom. The summed E-state index contributed by atoms with van der Waals surface area (Å²) in [5.41, 5.74) is 4.26. The third kappa shape index (κ3) is 3.79. The lowest BCUT2D eigenvalue weighted by Crippen LogP contribution is -2.39. The lowest BCUT2D eigenvalue weighted by molar-refractivity contribution is 0.0321.